The molecule has 32 heavy (non-hydrogen) atoms. The molecule has 1 fully saturated rings. The Kier molecular flexibility index (Phi) is 5.43. The van der Waals surface area contributed by atoms with Crippen LogP contribution in [-0.4, -0.2) is 46.6 Å². The van der Waals surface area contributed by atoms with Crippen molar-refractivity contribution >= 4 is 34.6 Å². The van der Waals surface area contributed by atoms with Gasteiger partial charge in [-0.2, -0.15) is 4.98 Å². The third kappa shape index (κ3) is 4.40. The number of amides is 1. The van der Waals surface area contributed by atoms with Crippen LogP contribution in [0.25, 0.3) is 5.52 Å². The van der Waals surface area contributed by atoms with Crippen LogP contribution in [0.1, 0.15) is 16.1 Å². The molecular weight excluding hydrogens is 404 g/mol. The Labute approximate surface area is 185 Å². The van der Waals surface area contributed by atoms with Crippen LogP contribution in [0.3, 0.4) is 0 Å². The number of rotatable bonds is 5. The van der Waals surface area contributed by atoms with Crippen molar-refractivity contribution in [1.29, 1.82) is 0 Å². The van der Waals surface area contributed by atoms with Crippen LogP contribution in [0.4, 0.5) is 23.1 Å². The summed E-state index contributed by atoms with van der Waals surface area (Å²) in [6.45, 7) is 5.01. The average molecular weight is 428 g/mol. The monoisotopic (exact) mass is 428 g/mol. The molecule has 5 rings (SSSR count). The number of hydrogen-bond donors (Lipinski definition) is 2. The second-order valence-corrected chi connectivity index (χ2v) is 7.71. The number of aryl methyl sites for hydroxylation is 1. The first-order chi connectivity index (χ1) is 15.6. The molecule has 2 N–H and O–H groups in total. The van der Waals surface area contributed by atoms with Crippen molar-refractivity contribution in [2.45, 2.75) is 6.92 Å². The fraction of sp³-hybridized carbons (Fsp3) is 0.208. The summed E-state index contributed by atoms with van der Waals surface area (Å²) in [4.78, 5) is 24.0. The lowest BCUT2D eigenvalue weighted by atomic mass is 10.2. The summed E-state index contributed by atoms with van der Waals surface area (Å²) in [6.07, 6.45) is 3.74. The molecule has 0 atom stereocenters. The van der Waals surface area contributed by atoms with Crippen molar-refractivity contribution in [1.82, 2.24) is 14.4 Å². The highest BCUT2D eigenvalue weighted by atomic mass is 16.5. The van der Waals surface area contributed by atoms with E-state index in [0.29, 0.717) is 24.7 Å². The van der Waals surface area contributed by atoms with Gasteiger partial charge in [0.25, 0.3) is 5.91 Å². The van der Waals surface area contributed by atoms with Gasteiger partial charge in [-0.25, -0.2) is 4.98 Å². The molecule has 8 nitrogen and oxygen atoms in total. The molecule has 0 radical (unpaired) electrons. The molecule has 0 bridgehead atoms. The zero-order valence-corrected chi connectivity index (χ0v) is 17.8. The Morgan fingerprint density at radius 2 is 1.78 bits per heavy atom. The van der Waals surface area contributed by atoms with E-state index in [4.69, 9.17) is 4.74 Å². The van der Waals surface area contributed by atoms with E-state index in [1.54, 1.807) is 0 Å². The van der Waals surface area contributed by atoms with E-state index in [1.807, 2.05) is 78.3 Å². The van der Waals surface area contributed by atoms with Gasteiger partial charge in [-0.1, -0.05) is 6.07 Å². The largest absolute Gasteiger partial charge is 0.378 e. The molecule has 3 aromatic heterocycles. The molecule has 1 aromatic carbocycles. The van der Waals surface area contributed by atoms with Gasteiger partial charge in [0, 0.05) is 54.1 Å². The minimum absolute atomic E-state index is 0.147. The topological polar surface area (TPSA) is 83.8 Å². The smallest absolute Gasteiger partial charge is 0.257 e. The lowest BCUT2D eigenvalue weighted by Gasteiger charge is -2.28. The SMILES string of the molecule is Cc1cc(N2CCOCC2)nc(Nc2ccc(NC(=O)c3cc4ccccn4c3)cc2)n1. The number of pyridine rings is 1. The maximum atomic E-state index is 12.6. The Bertz CT molecular complexity index is 1210. The van der Waals surface area contributed by atoms with Gasteiger partial charge in [0.15, 0.2) is 0 Å². The summed E-state index contributed by atoms with van der Waals surface area (Å²) in [5.74, 6) is 1.29. The summed E-state index contributed by atoms with van der Waals surface area (Å²) in [5.41, 5.74) is 4.05. The summed E-state index contributed by atoms with van der Waals surface area (Å²) in [7, 11) is 0. The van der Waals surface area contributed by atoms with E-state index in [0.717, 1.165) is 41.5 Å². The number of anilines is 4. The van der Waals surface area contributed by atoms with E-state index in [-0.39, 0.29) is 5.91 Å². The van der Waals surface area contributed by atoms with Gasteiger partial charge in [-0.05, 0) is 49.4 Å². The van der Waals surface area contributed by atoms with Gasteiger partial charge in [0.05, 0.1) is 18.8 Å². The van der Waals surface area contributed by atoms with Crippen LogP contribution in [0.5, 0.6) is 0 Å². The number of ether oxygens (including phenoxy) is 1. The Morgan fingerprint density at radius 3 is 2.56 bits per heavy atom. The molecule has 8 heteroatoms. The highest BCUT2D eigenvalue weighted by molar-refractivity contribution is 6.05. The third-order valence-electron chi connectivity index (χ3n) is 5.34. The fourth-order valence-electron chi connectivity index (χ4n) is 3.71. The van der Waals surface area contributed by atoms with Crippen LogP contribution in [0.2, 0.25) is 0 Å². The number of nitrogens with one attached hydrogen (secondary N) is 2. The van der Waals surface area contributed by atoms with Crippen molar-refractivity contribution in [3.8, 4) is 0 Å². The molecule has 0 spiro atoms. The molecule has 0 unspecified atom stereocenters. The van der Waals surface area contributed by atoms with Crippen LogP contribution < -0.4 is 15.5 Å². The number of nitrogens with zero attached hydrogens (tertiary/aromatic N) is 4. The van der Waals surface area contributed by atoms with E-state index < -0.39 is 0 Å². The number of benzene rings is 1. The number of carbonyl (C=O) groups is 1. The first-order valence-corrected chi connectivity index (χ1v) is 10.6. The number of fused-ring (bicyclic) bond motifs is 1. The first-order valence-electron chi connectivity index (χ1n) is 10.6. The second kappa shape index (κ2) is 8.68. The minimum atomic E-state index is -0.147. The zero-order valence-electron chi connectivity index (χ0n) is 17.8. The number of hydrogen-bond acceptors (Lipinski definition) is 6. The Hall–Kier alpha value is -3.91. The lowest BCUT2D eigenvalue weighted by molar-refractivity contribution is 0.102. The van der Waals surface area contributed by atoms with Crippen molar-refractivity contribution in [3.05, 3.63) is 78.2 Å². The van der Waals surface area contributed by atoms with Crippen LogP contribution in [-0.2, 0) is 4.74 Å². The maximum Gasteiger partial charge on any atom is 0.257 e. The van der Waals surface area contributed by atoms with Gasteiger partial charge >= 0.3 is 0 Å². The summed E-state index contributed by atoms with van der Waals surface area (Å²) in [6, 6.07) is 17.2. The summed E-state index contributed by atoms with van der Waals surface area (Å²) in [5, 5.41) is 6.20. The number of morpholine rings is 1. The third-order valence-corrected chi connectivity index (χ3v) is 5.34. The lowest BCUT2D eigenvalue weighted by Crippen LogP contribution is -2.36. The standard InChI is InChI=1S/C24H24N6O2/c1-17-14-22(29-10-12-32-13-11-29)28-24(25-17)27-20-7-5-19(6-8-20)26-23(31)18-15-21-4-2-3-9-30(21)16-18/h2-9,14-16H,10-13H2,1H3,(H,26,31)(H,25,27,28). The predicted molar refractivity (Wildman–Crippen MR) is 125 cm³/mol. The van der Waals surface area contributed by atoms with Crippen molar-refractivity contribution < 1.29 is 9.53 Å². The highest BCUT2D eigenvalue weighted by Crippen LogP contribution is 2.21. The second-order valence-electron chi connectivity index (χ2n) is 7.71. The quantitative estimate of drug-likeness (QED) is 0.502. The summed E-state index contributed by atoms with van der Waals surface area (Å²) >= 11 is 0. The van der Waals surface area contributed by atoms with E-state index in [1.165, 1.54) is 0 Å². The highest BCUT2D eigenvalue weighted by Gasteiger charge is 2.14. The minimum Gasteiger partial charge on any atom is -0.378 e. The molecule has 1 aliphatic rings. The molecule has 0 aliphatic carbocycles. The fourth-order valence-corrected chi connectivity index (χ4v) is 3.71. The van der Waals surface area contributed by atoms with E-state index >= 15 is 0 Å². The molecule has 1 saturated heterocycles. The molecule has 1 amide bonds. The zero-order chi connectivity index (χ0) is 21.9. The summed E-state index contributed by atoms with van der Waals surface area (Å²) < 4.78 is 7.35. The molecular formula is C24H24N6O2. The Morgan fingerprint density at radius 1 is 1.00 bits per heavy atom. The van der Waals surface area contributed by atoms with Crippen LogP contribution in [0, 0.1) is 6.92 Å². The van der Waals surface area contributed by atoms with Gasteiger partial charge < -0.3 is 24.7 Å². The first kappa shape index (κ1) is 20.0. The molecule has 162 valence electrons. The van der Waals surface area contributed by atoms with Crippen molar-refractivity contribution in [3.63, 3.8) is 0 Å². The van der Waals surface area contributed by atoms with Gasteiger partial charge in [-0.15, -0.1) is 0 Å². The van der Waals surface area contributed by atoms with Gasteiger partial charge in [-0.3, -0.25) is 4.79 Å². The molecule has 4 aromatic rings. The normalized spacial score (nSPS) is 13.8. The van der Waals surface area contributed by atoms with Gasteiger partial charge in [0.2, 0.25) is 5.95 Å². The van der Waals surface area contributed by atoms with Crippen LogP contribution in [0.15, 0.2) is 67.0 Å². The van der Waals surface area contributed by atoms with Crippen LogP contribution >= 0.6 is 0 Å². The Balaban J connectivity index is 1.26. The molecule has 4 heterocycles. The maximum absolute atomic E-state index is 12.6. The van der Waals surface area contributed by atoms with Crippen molar-refractivity contribution in [2.75, 3.05) is 41.8 Å². The van der Waals surface area contributed by atoms with E-state index in [9.17, 15) is 4.79 Å². The molecule has 0 saturated carbocycles. The van der Waals surface area contributed by atoms with Gasteiger partial charge in [0.1, 0.15) is 5.82 Å². The number of aromatic nitrogens is 3. The average Bonchev–Trinajstić information content (AvgIpc) is 3.25. The predicted octanol–water partition coefficient (Wildman–Crippen LogP) is 3.87. The van der Waals surface area contributed by atoms with E-state index in [2.05, 4.69) is 25.5 Å². The van der Waals surface area contributed by atoms with Crippen molar-refractivity contribution in [2.24, 2.45) is 0 Å². The molecule has 1 aliphatic heterocycles. The number of carbonyl (C=O) groups excluding carboxylic acids is 1.